The number of hydrogen-bond acceptors (Lipinski definition) is 6. The predicted octanol–water partition coefficient (Wildman–Crippen LogP) is 1.98. The van der Waals surface area contributed by atoms with Gasteiger partial charge in [0, 0.05) is 36.9 Å². The number of pyridine rings is 2. The third-order valence-electron chi connectivity index (χ3n) is 5.58. The molecular formula is C21H21N5O4S. The lowest BCUT2D eigenvalue weighted by atomic mass is 9.97. The first-order valence-electron chi connectivity index (χ1n) is 9.95. The molecule has 1 N–H and O–H groups in total. The molecule has 0 radical (unpaired) electrons. The van der Waals surface area contributed by atoms with Gasteiger partial charge in [-0.2, -0.15) is 4.31 Å². The van der Waals surface area contributed by atoms with Crippen molar-refractivity contribution in [3.8, 4) is 11.4 Å². The quantitative estimate of drug-likeness (QED) is 0.521. The normalized spacial score (nSPS) is 14.8. The highest BCUT2D eigenvalue weighted by atomic mass is 32.2. The number of benzene rings is 1. The molecule has 5 rings (SSSR count). The summed E-state index contributed by atoms with van der Waals surface area (Å²) in [5, 5.41) is 0.909. The van der Waals surface area contributed by atoms with Gasteiger partial charge in [-0.15, -0.1) is 0 Å². The highest BCUT2D eigenvalue weighted by Crippen LogP contribution is 2.30. The lowest BCUT2D eigenvalue weighted by Gasteiger charge is -2.27. The molecule has 9 nitrogen and oxygen atoms in total. The number of aromatic nitrogens is 4. The van der Waals surface area contributed by atoms with Gasteiger partial charge in [0.2, 0.25) is 10.0 Å². The number of H-pyrrole nitrogens is 1. The Hall–Kier alpha value is -3.24. The molecule has 1 aliphatic heterocycles. The van der Waals surface area contributed by atoms with Crippen LogP contribution in [0.3, 0.4) is 0 Å². The van der Waals surface area contributed by atoms with E-state index < -0.39 is 10.0 Å². The summed E-state index contributed by atoms with van der Waals surface area (Å²) in [5.74, 6) is 0.572. The topological polar surface area (TPSA) is 110 Å². The summed E-state index contributed by atoms with van der Waals surface area (Å²) in [7, 11) is -3.27. The van der Waals surface area contributed by atoms with Crippen molar-refractivity contribution < 1.29 is 13.2 Å². The number of aromatic amines is 1. The number of nitrogens with zero attached hydrogens (tertiary/aromatic N) is 4. The molecule has 0 bridgehead atoms. The maximum Gasteiger partial charge on any atom is 0.332 e. The van der Waals surface area contributed by atoms with Crippen molar-refractivity contribution in [1.82, 2.24) is 23.8 Å². The van der Waals surface area contributed by atoms with E-state index in [9.17, 15) is 13.2 Å². The monoisotopic (exact) mass is 439 g/mol. The van der Waals surface area contributed by atoms with Crippen LogP contribution in [0, 0.1) is 0 Å². The predicted molar refractivity (Wildman–Crippen MR) is 117 cm³/mol. The first-order chi connectivity index (χ1) is 14.9. The molecule has 3 aromatic heterocycles. The zero-order chi connectivity index (χ0) is 21.8. The van der Waals surface area contributed by atoms with Gasteiger partial charge in [0.25, 0.3) is 0 Å². The summed E-state index contributed by atoms with van der Waals surface area (Å²) >= 11 is 0. The molecule has 1 aromatic carbocycles. The van der Waals surface area contributed by atoms with Crippen LogP contribution in [0.2, 0.25) is 0 Å². The molecule has 10 heteroatoms. The molecule has 4 heterocycles. The molecule has 0 unspecified atom stereocenters. The second kappa shape index (κ2) is 7.17. The lowest BCUT2D eigenvalue weighted by molar-refractivity contribution is 0.343. The SMILES string of the molecule is CCOc1ccnc2[nH]c(=O)n(-c3ccc4ncc5c(c4c3)CCN(S(C)(=O)=O)C5)c12. The first-order valence-corrected chi connectivity index (χ1v) is 11.8. The summed E-state index contributed by atoms with van der Waals surface area (Å²) in [5.41, 5.74) is 4.12. The Morgan fingerprint density at radius 1 is 1.23 bits per heavy atom. The van der Waals surface area contributed by atoms with Crippen molar-refractivity contribution in [2.24, 2.45) is 0 Å². The van der Waals surface area contributed by atoms with Gasteiger partial charge in [-0.05, 0) is 42.7 Å². The van der Waals surface area contributed by atoms with Crippen LogP contribution >= 0.6 is 0 Å². The summed E-state index contributed by atoms with van der Waals surface area (Å²) < 4.78 is 32.7. The third kappa shape index (κ3) is 3.28. The number of imidazole rings is 1. The average Bonchev–Trinajstić information content (AvgIpc) is 3.09. The Balaban J connectivity index is 1.70. The van der Waals surface area contributed by atoms with Gasteiger partial charge in [-0.25, -0.2) is 18.2 Å². The van der Waals surface area contributed by atoms with Crippen molar-refractivity contribution in [3.63, 3.8) is 0 Å². The van der Waals surface area contributed by atoms with E-state index in [1.807, 2.05) is 25.1 Å². The molecule has 0 fully saturated rings. The van der Waals surface area contributed by atoms with Gasteiger partial charge in [-0.1, -0.05) is 0 Å². The highest BCUT2D eigenvalue weighted by molar-refractivity contribution is 7.88. The molecule has 1 aliphatic rings. The smallest absolute Gasteiger partial charge is 0.332 e. The van der Waals surface area contributed by atoms with Crippen LogP contribution in [0.15, 0.2) is 41.5 Å². The Labute approximate surface area is 178 Å². The maximum atomic E-state index is 12.8. The van der Waals surface area contributed by atoms with E-state index in [1.54, 1.807) is 23.0 Å². The van der Waals surface area contributed by atoms with E-state index in [0.717, 1.165) is 22.0 Å². The van der Waals surface area contributed by atoms with Gasteiger partial charge >= 0.3 is 5.69 Å². The second-order valence-corrected chi connectivity index (χ2v) is 9.50. The van der Waals surface area contributed by atoms with Gasteiger partial charge in [0.1, 0.15) is 11.3 Å². The minimum absolute atomic E-state index is 0.298. The van der Waals surface area contributed by atoms with Crippen LogP contribution in [0.4, 0.5) is 0 Å². The summed E-state index contributed by atoms with van der Waals surface area (Å²) in [6.07, 6.45) is 5.14. The van der Waals surface area contributed by atoms with Gasteiger partial charge in [0.05, 0.1) is 24.1 Å². The van der Waals surface area contributed by atoms with Crippen molar-refractivity contribution in [2.75, 3.05) is 19.4 Å². The number of rotatable bonds is 4. The minimum Gasteiger partial charge on any atom is -0.491 e. The molecule has 0 aliphatic carbocycles. The van der Waals surface area contributed by atoms with Crippen LogP contribution in [-0.2, 0) is 23.0 Å². The number of nitrogens with one attached hydrogen (secondary N) is 1. The van der Waals surface area contributed by atoms with Gasteiger partial charge in [0.15, 0.2) is 5.65 Å². The third-order valence-corrected chi connectivity index (χ3v) is 6.83. The van der Waals surface area contributed by atoms with Crippen molar-refractivity contribution >= 4 is 32.1 Å². The Morgan fingerprint density at radius 2 is 2.06 bits per heavy atom. The molecule has 0 saturated heterocycles. The molecule has 0 spiro atoms. The van der Waals surface area contributed by atoms with E-state index in [2.05, 4.69) is 15.0 Å². The van der Waals surface area contributed by atoms with E-state index >= 15 is 0 Å². The molecule has 0 amide bonds. The number of ether oxygens (including phenoxy) is 1. The molecule has 31 heavy (non-hydrogen) atoms. The highest BCUT2D eigenvalue weighted by Gasteiger charge is 2.25. The summed E-state index contributed by atoms with van der Waals surface area (Å²) in [6, 6.07) is 7.37. The van der Waals surface area contributed by atoms with Crippen LogP contribution in [0.25, 0.3) is 27.8 Å². The van der Waals surface area contributed by atoms with Crippen molar-refractivity contribution in [1.29, 1.82) is 0 Å². The minimum atomic E-state index is -3.27. The van der Waals surface area contributed by atoms with E-state index in [1.165, 1.54) is 10.6 Å². The number of sulfonamides is 1. The number of hydrogen-bond donors (Lipinski definition) is 1. The average molecular weight is 439 g/mol. The lowest BCUT2D eigenvalue weighted by Crippen LogP contribution is -2.35. The Bertz CT molecular complexity index is 1490. The fraction of sp³-hybridized carbons (Fsp3) is 0.286. The Morgan fingerprint density at radius 3 is 2.84 bits per heavy atom. The van der Waals surface area contributed by atoms with Crippen LogP contribution in [-0.4, -0.2) is 51.6 Å². The van der Waals surface area contributed by atoms with Gasteiger partial charge < -0.3 is 4.74 Å². The largest absolute Gasteiger partial charge is 0.491 e. The zero-order valence-corrected chi connectivity index (χ0v) is 17.9. The summed E-state index contributed by atoms with van der Waals surface area (Å²) in [4.78, 5) is 24.4. The maximum absolute atomic E-state index is 12.8. The second-order valence-electron chi connectivity index (χ2n) is 7.51. The van der Waals surface area contributed by atoms with Crippen LogP contribution in [0.1, 0.15) is 18.1 Å². The molecule has 0 saturated carbocycles. The van der Waals surface area contributed by atoms with Crippen molar-refractivity contribution in [2.45, 2.75) is 19.9 Å². The zero-order valence-electron chi connectivity index (χ0n) is 17.1. The van der Waals surface area contributed by atoms with E-state index in [-0.39, 0.29) is 5.69 Å². The molecule has 4 aromatic rings. The van der Waals surface area contributed by atoms with Crippen LogP contribution < -0.4 is 10.4 Å². The van der Waals surface area contributed by atoms with E-state index in [0.29, 0.717) is 48.7 Å². The fourth-order valence-corrected chi connectivity index (χ4v) is 4.95. The molecule has 160 valence electrons. The van der Waals surface area contributed by atoms with Gasteiger partial charge in [-0.3, -0.25) is 14.5 Å². The Kier molecular flexibility index (Phi) is 4.56. The standard InChI is InChI=1S/C21H21N5O4S/c1-3-30-18-6-8-22-20-19(18)26(21(27)24-20)14-4-5-17-16(10-14)15-7-9-25(31(2,28)29)12-13(15)11-23-17/h4-6,8,10-11H,3,7,9,12H2,1-2H3,(H,22,24,27). The summed E-state index contributed by atoms with van der Waals surface area (Å²) in [6.45, 7) is 3.06. The number of fused-ring (bicyclic) bond motifs is 4. The van der Waals surface area contributed by atoms with Crippen LogP contribution in [0.5, 0.6) is 5.75 Å². The van der Waals surface area contributed by atoms with Crippen molar-refractivity contribution in [3.05, 3.63) is 58.3 Å². The molecule has 0 atom stereocenters. The van der Waals surface area contributed by atoms with E-state index in [4.69, 9.17) is 4.74 Å². The molecular weight excluding hydrogens is 418 g/mol. The fourth-order valence-electron chi connectivity index (χ4n) is 4.16. The first kappa shape index (κ1) is 19.7.